The summed E-state index contributed by atoms with van der Waals surface area (Å²) in [7, 11) is -6.56. The van der Waals surface area contributed by atoms with Gasteiger partial charge in [-0.1, -0.05) is 143 Å². The monoisotopic (exact) mass is 1320 g/mol. The van der Waals surface area contributed by atoms with Gasteiger partial charge in [0.2, 0.25) is 30.1 Å². The molecule has 0 saturated carbocycles. The second-order valence-electron chi connectivity index (χ2n) is 19.4. The standard InChI is InChI=1S/C22H18BrN3O2S.C22H18ClN3O2S.C22H17F2N3O2S/c1-24-29(27,28)21-9-5-3-7-17(21)16-10-12-19-20(14-16)26-22(25-19)13-11-15-6-2-4-8-18(15)23;1-24-29(27,28)21-5-3-2-4-18(21)16-9-12-19-20(14-16)26-22(25-19)13-8-15-6-10-17(23)11-7-15;1-25-30(28,29)21-5-3-2-4-17(21)15-7-10-19-20(12-15)27-22(26-19)11-8-14-6-9-16(23)13-18(14)24/h2*2-14,24H,1H3,(H,25,26);2-13,25H,1H3,(H,26,27)/b13-11+;13-8+;11-8+. The van der Waals surface area contributed by atoms with E-state index >= 15 is 0 Å². The lowest BCUT2D eigenvalue weighted by Crippen LogP contribution is -2.19. The van der Waals surface area contributed by atoms with E-state index < -0.39 is 41.7 Å². The fourth-order valence-electron chi connectivity index (χ4n) is 9.31. The molecule has 12 aromatic rings. The summed E-state index contributed by atoms with van der Waals surface area (Å²) in [6.45, 7) is 0. The Bertz CT molecular complexity index is 5010. The van der Waals surface area contributed by atoms with Crippen molar-refractivity contribution in [3.63, 3.8) is 0 Å². The molecule has 0 amide bonds. The molecule has 88 heavy (non-hydrogen) atoms. The largest absolute Gasteiger partial charge is 0.338 e. The highest BCUT2D eigenvalue weighted by atomic mass is 79.9. The Labute approximate surface area is 520 Å². The molecule has 3 aromatic heterocycles. The van der Waals surface area contributed by atoms with Gasteiger partial charge in [-0.2, -0.15) is 0 Å². The number of fused-ring (bicyclic) bond motifs is 3. The molecule has 0 aliphatic rings. The molecule has 0 aliphatic carbocycles. The Morgan fingerprint density at radius 1 is 0.420 bits per heavy atom. The van der Waals surface area contributed by atoms with Crippen LogP contribution >= 0.6 is 27.5 Å². The Balaban J connectivity index is 0.000000146. The van der Waals surface area contributed by atoms with E-state index in [4.69, 9.17) is 11.6 Å². The summed E-state index contributed by atoms with van der Waals surface area (Å²) >= 11 is 9.44. The van der Waals surface area contributed by atoms with Gasteiger partial charge < -0.3 is 15.0 Å². The number of imidazole rings is 3. The molecule has 0 fully saturated rings. The van der Waals surface area contributed by atoms with Gasteiger partial charge in [0.05, 0.1) is 47.8 Å². The van der Waals surface area contributed by atoms with Crippen LogP contribution in [0.5, 0.6) is 0 Å². The lowest BCUT2D eigenvalue weighted by molar-refractivity contribution is 0.581. The highest BCUT2D eigenvalue weighted by Crippen LogP contribution is 2.33. The minimum atomic E-state index is -3.62. The van der Waals surface area contributed by atoms with Crippen LogP contribution in [0.25, 0.3) is 103 Å². The first-order valence-corrected chi connectivity index (χ1v) is 32.5. The average Bonchev–Trinajstić information content (AvgIpc) is 1.90. The number of hydrogen-bond donors (Lipinski definition) is 6. The molecular formula is C66H53BrClF2N9O6S3. The fraction of sp³-hybridized carbons (Fsp3) is 0.0455. The van der Waals surface area contributed by atoms with Crippen molar-refractivity contribution < 1.29 is 34.0 Å². The Kier molecular flexibility index (Phi) is 19.0. The number of halogens is 4. The van der Waals surface area contributed by atoms with E-state index in [-0.39, 0.29) is 20.2 Å². The predicted octanol–water partition coefficient (Wildman–Crippen LogP) is 14.6. The summed E-state index contributed by atoms with van der Waals surface area (Å²) in [6.07, 6.45) is 10.8. The second-order valence-corrected chi connectivity index (χ2v) is 26.3. The molecule has 0 unspecified atom stereocenters. The lowest BCUT2D eigenvalue weighted by atomic mass is 10.1. The maximum atomic E-state index is 13.8. The number of nitrogens with one attached hydrogen (secondary N) is 6. The summed E-state index contributed by atoms with van der Waals surface area (Å²) in [4.78, 5) is 23.9. The predicted molar refractivity (Wildman–Crippen MR) is 352 cm³/mol. The van der Waals surface area contributed by atoms with E-state index in [9.17, 15) is 34.0 Å². The number of hydrogen-bond acceptors (Lipinski definition) is 9. The van der Waals surface area contributed by atoms with Gasteiger partial charge in [0, 0.05) is 37.8 Å². The third-order valence-corrected chi connectivity index (χ3v) is 19.2. The van der Waals surface area contributed by atoms with Crippen molar-refractivity contribution in [1.82, 2.24) is 44.1 Å². The van der Waals surface area contributed by atoms with Gasteiger partial charge in [0.15, 0.2) is 0 Å². The summed E-state index contributed by atoms with van der Waals surface area (Å²) in [5.74, 6) is 0.628. The van der Waals surface area contributed by atoms with Gasteiger partial charge >= 0.3 is 0 Å². The van der Waals surface area contributed by atoms with Crippen LogP contribution < -0.4 is 14.2 Å². The van der Waals surface area contributed by atoms with Gasteiger partial charge in [-0.05, 0) is 158 Å². The van der Waals surface area contributed by atoms with Crippen molar-refractivity contribution >= 4 is 127 Å². The zero-order valence-electron chi connectivity index (χ0n) is 47.0. The van der Waals surface area contributed by atoms with Crippen LogP contribution in [-0.2, 0) is 30.1 Å². The number of aromatic amines is 3. The van der Waals surface area contributed by atoms with E-state index in [2.05, 4.69) is 60.0 Å². The summed E-state index contributed by atoms with van der Waals surface area (Å²) in [6, 6.07) is 56.1. The van der Waals surface area contributed by atoms with Crippen LogP contribution in [0.2, 0.25) is 5.02 Å². The SMILES string of the molecule is CNS(=O)(=O)c1ccccc1-c1ccc2nc(/C=C/c3ccc(Cl)cc3)[nH]c2c1.CNS(=O)(=O)c1ccccc1-c1ccc2nc(/C=C/c3ccc(F)cc3F)[nH]c2c1.CNS(=O)(=O)c1ccccc1-c1ccc2nc(/C=C/c3ccccc3Br)[nH]c2c1. The minimum absolute atomic E-state index is 0.179. The molecule has 0 spiro atoms. The molecule has 3 heterocycles. The van der Waals surface area contributed by atoms with Gasteiger partial charge in [0.25, 0.3) is 0 Å². The molecular weight excluding hydrogens is 1260 g/mol. The average molecular weight is 1320 g/mol. The molecule has 0 saturated heterocycles. The fourth-order valence-corrected chi connectivity index (χ4v) is 12.7. The third-order valence-electron chi connectivity index (χ3n) is 13.8. The quantitative estimate of drug-likeness (QED) is 0.0573. The second kappa shape index (κ2) is 26.9. The van der Waals surface area contributed by atoms with E-state index in [1.165, 1.54) is 39.4 Å². The molecule has 0 radical (unpaired) electrons. The van der Waals surface area contributed by atoms with E-state index in [1.807, 2.05) is 127 Å². The number of aromatic nitrogens is 6. The van der Waals surface area contributed by atoms with Gasteiger partial charge in [-0.3, -0.25) is 0 Å². The van der Waals surface area contributed by atoms with Crippen LogP contribution in [0.4, 0.5) is 8.78 Å². The van der Waals surface area contributed by atoms with Crippen LogP contribution in [0.15, 0.2) is 213 Å². The highest BCUT2D eigenvalue weighted by molar-refractivity contribution is 9.10. The van der Waals surface area contributed by atoms with Crippen molar-refractivity contribution in [3.8, 4) is 33.4 Å². The minimum Gasteiger partial charge on any atom is -0.338 e. The Morgan fingerprint density at radius 3 is 1.19 bits per heavy atom. The number of rotatable bonds is 15. The first-order chi connectivity index (χ1) is 42.3. The van der Waals surface area contributed by atoms with Crippen LogP contribution in [-0.4, -0.2) is 76.3 Å². The topological polar surface area (TPSA) is 225 Å². The van der Waals surface area contributed by atoms with Gasteiger partial charge in [-0.15, -0.1) is 0 Å². The maximum Gasteiger partial charge on any atom is 0.240 e. The van der Waals surface area contributed by atoms with Crippen molar-refractivity contribution in [2.75, 3.05) is 21.1 Å². The van der Waals surface area contributed by atoms with Crippen molar-refractivity contribution in [1.29, 1.82) is 0 Å². The molecule has 9 aromatic carbocycles. The van der Waals surface area contributed by atoms with E-state index in [0.29, 0.717) is 50.0 Å². The zero-order chi connectivity index (χ0) is 62.2. The molecule has 22 heteroatoms. The molecule has 12 rings (SSSR count). The molecule has 0 bridgehead atoms. The summed E-state index contributed by atoms with van der Waals surface area (Å²) in [5.41, 5.74) is 11.1. The molecule has 444 valence electrons. The number of nitrogens with zero attached hydrogens (tertiary/aromatic N) is 3. The number of H-pyrrole nitrogens is 3. The third kappa shape index (κ3) is 14.5. The van der Waals surface area contributed by atoms with Gasteiger partial charge in [-0.25, -0.2) is 63.2 Å². The summed E-state index contributed by atoms with van der Waals surface area (Å²) in [5, 5.41) is 0.694. The number of benzene rings is 9. The highest BCUT2D eigenvalue weighted by Gasteiger charge is 2.21. The van der Waals surface area contributed by atoms with Crippen LogP contribution in [0.3, 0.4) is 0 Å². The van der Waals surface area contributed by atoms with Crippen molar-refractivity contribution in [2.45, 2.75) is 14.7 Å². The summed E-state index contributed by atoms with van der Waals surface area (Å²) < 4.78 is 109. The first kappa shape index (κ1) is 62.0. The smallest absolute Gasteiger partial charge is 0.240 e. The van der Waals surface area contributed by atoms with Crippen LogP contribution in [0, 0.1) is 11.6 Å². The van der Waals surface area contributed by atoms with Crippen LogP contribution in [0.1, 0.15) is 34.2 Å². The number of sulfonamides is 3. The van der Waals surface area contributed by atoms with E-state index in [0.717, 1.165) is 60.7 Å². The molecule has 0 atom stereocenters. The maximum absolute atomic E-state index is 13.8. The van der Waals surface area contributed by atoms with E-state index in [1.54, 1.807) is 78.9 Å². The Hall–Kier alpha value is -9.03. The lowest BCUT2D eigenvalue weighted by Gasteiger charge is -2.09. The molecule has 15 nitrogen and oxygen atoms in total. The normalized spacial score (nSPS) is 12.1. The molecule has 6 N–H and O–H groups in total. The van der Waals surface area contributed by atoms with Gasteiger partial charge in [0.1, 0.15) is 29.1 Å². The zero-order valence-corrected chi connectivity index (χ0v) is 51.8. The van der Waals surface area contributed by atoms with Crippen molar-refractivity contribution in [2.24, 2.45) is 0 Å². The van der Waals surface area contributed by atoms with Crippen molar-refractivity contribution in [3.05, 3.63) is 249 Å². The Morgan fingerprint density at radius 2 is 0.795 bits per heavy atom. The first-order valence-electron chi connectivity index (χ1n) is 26.9. The molecule has 0 aliphatic heterocycles.